The summed E-state index contributed by atoms with van der Waals surface area (Å²) in [4.78, 5) is 10.8. The van der Waals surface area contributed by atoms with Crippen LogP contribution >= 0.6 is 0 Å². The van der Waals surface area contributed by atoms with Crippen molar-refractivity contribution in [2.45, 2.75) is 46.0 Å². The van der Waals surface area contributed by atoms with Crippen molar-refractivity contribution in [2.75, 3.05) is 32.1 Å². The molecule has 4 rings (SSSR count). The monoisotopic (exact) mass is 418 g/mol. The average molecular weight is 419 g/mol. The van der Waals surface area contributed by atoms with Crippen molar-refractivity contribution in [2.24, 2.45) is 11.8 Å². The van der Waals surface area contributed by atoms with E-state index in [2.05, 4.69) is 52.5 Å². The summed E-state index contributed by atoms with van der Waals surface area (Å²) < 4.78 is 0. The van der Waals surface area contributed by atoms with Crippen molar-refractivity contribution in [3.63, 3.8) is 0 Å². The molecule has 166 valence electrons. The van der Waals surface area contributed by atoms with Gasteiger partial charge in [-0.2, -0.15) is 0 Å². The maximum absolute atomic E-state index is 4.42. The molecule has 1 aliphatic carbocycles. The van der Waals surface area contributed by atoms with E-state index in [0.717, 1.165) is 47.3 Å². The second kappa shape index (κ2) is 11.8. The van der Waals surface area contributed by atoms with Gasteiger partial charge in [-0.25, -0.2) is 9.97 Å². The molecule has 2 aromatic carbocycles. The standard InChI is InChI=1S/C16H25N.C11H13N3/c1-14-7-9-16(10-8-14)13-17-12-11-15-5-3-2-4-6-15;1-8-12-10-7-5-4-6-9(10)11(13-8)14(2)3/h2-6,14,16-17H,7-13H2,1H3;4-7H,1-3H3. The van der Waals surface area contributed by atoms with E-state index in [0.29, 0.717) is 0 Å². The third kappa shape index (κ3) is 7.32. The summed E-state index contributed by atoms with van der Waals surface area (Å²) in [5.74, 6) is 3.69. The maximum atomic E-state index is 4.42. The molecule has 0 unspecified atom stereocenters. The number of hydrogen-bond donors (Lipinski definition) is 1. The number of fused-ring (bicyclic) bond motifs is 1. The highest BCUT2D eigenvalue weighted by atomic mass is 15.1. The fraction of sp³-hybridized carbons (Fsp3) is 0.481. The molecule has 0 amide bonds. The zero-order valence-corrected chi connectivity index (χ0v) is 19.6. The first-order valence-electron chi connectivity index (χ1n) is 11.7. The number of nitrogens with one attached hydrogen (secondary N) is 1. The third-order valence-corrected chi connectivity index (χ3v) is 6.12. The Morgan fingerprint density at radius 1 is 0.903 bits per heavy atom. The lowest BCUT2D eigenvalue weighted by molar-refractivity contribution is 0.282. The Morgan fingerprint density at radius 2 is 1.58 bits per heavy atom. The highest BCUT2D eigenvalue weighted by Gasteiger charge is 2.17. The Kier molecular flexibility index (Phi) is 8.84. The number of hydrogen-bond acceptors (Lipinski definition) is 4. The van der Waals surface area contributed by atoms with E-state index in [1.54, 1.807) is 0 Å². The molecule has 1 fully saturated rings. The molecule has 0 radical (unpaired) electrons. The van der Waals surface area contributed by atoms with Crippen molar-refractivity contribution in [1.29, 1.82) is 0 Å². The zero-order valence-electron chi connectivity index (χ0n) is 19.6. The fourth-order valence-electron chi connectivity index (χ4n) is 4.23. The molecule has 0 bridgehead atoms. The molecule has 0 atom stereocenters. The smallest absolute Gasteiger partial charge is 0.139 e. The molecule has 1 aromatic heterocycles. The summed E-state index contributed by atoms with van der Waals surface area (Å²) >= 11 is 0. The van der Waals surface area contributed by atoms with E-state index < -0.39 is 0 Å². The van der Waals surface area contributed by atoms with Gasteiger partial charge in [0, 0.05) is 19.5 Å². The lowest BCUT2D eigenvalue weighted by Crippen LogP contribution is -2.27. The van der Waals surface area contributed by atoms with Crippen molar-refractivity contribution < 1.29 is 0 Å². The van der Waals surface area contributed by atoms with Crippen LogP contribution in [0, 0.1) is 18.8 Å². The molecule has 1 aliphatic rings. The Hall–Kier alpha value is -2.46. The van der Waals surface area contributed by atoms with Gasteiger partial charge in [0.25, 0.3) is 0 Å². The van der Waals surface area contributed by atoms with Crippen LogP contribution in [-0.2, 0) is 6.42 Å². The van der Waals surface area contributed by atoms with Crippen molar-refractivity contribution >= 4 is 16.7 Å². The molecule has 1 saturated carbocycles. The van der Waals surface area contributed by atoms with Gasteiger partial charge in [-0.15, -0.1) is 0 Å². The Balaban J connectivity index is 0.000000179. The molecule has 3 aromatic rings. The molecule has 4 nitrogen and oxygen atoms in total. The van der Waals surface area contributed by atoms with E-state index in [-0.39, 0.29) is 0 Å². The number of benzene rings is 2. The molecular weight excluding hydrogens is 380 g/mol. The predicted molar refractivity (Wildman–Crippen MR) is 133 cm³/mol. The summed E-state index contributed by atoms with van der Waals surface area (Å²) in [7, 11) is 3.99. The molecule has 0 spiro atoms. The van der Waals surface area contributed by atoms with Gasteiger partial charge in [0.2, 0.25) is 0 Å². The number of para-hydroxylation sites is 1. The topological polar surface area (TPSA) is 41.1 Å². The fourth-order valence-corrected chi connectivity index (χ4v) is 4.23. The van der Waals surface area contributed by atoms with Crippen molar-refractivity contribution in [3.8, 4) is 0 Å². The van der Waals surface area contributed by atoms with E-state index in [9.17, 15) is 0 Å². The van der Waals surface area contributed by atoms with Crippen LogP contribution in [0.1, 0.15) is 44.0 Å². The van der Waals surface area contributed by atoms with Crippen LogP contribution in [0.25, 0.3) is 10.9 Å². The van der Waals surface area contributed by atoms with Gasteiger partial charge in [-0.3, -0.25) is 0 Å². The lowest BCUT2D eigenvalue weighted by Gasteiger charge is -2.26. The molecule has 0 saturated heterocycles. The molecule has 1 heterocycles. The van der Waals surface area contributed by atoms with Crippen LogP contribution in [0.5, 0.6) is 0 Å². The van der Waals surface area contributed by atoms with Gasteiger partial charge < -0.3 is 10.2 Å². The van der Waals surface area contributed by atoms with E-state index >= 15 is 0 Å². The summed E-state index contributed by atoms with van der Waals surface area (Å²) in [5, 5.41) is 4.72. The zero-order chi connectivity index (χ0) is 22.1. The summed E-state index contributed by atoms with van der Waals surface area (Å²) in [6, 6.07) is 18.8. The largest absolute Gasteiger partial charge is 0.362 e. The maximum Gasteiger partial charge on any atom is 0.139 e. The predicted octanol–water partition coefficient (Wildman–Crippen LogP) is 5.65. The average Bonchev–Trinajstić information content (AvgIpc) is 2.78. The minimum atomic E-state index is 0.812. The highest BCUT2D eigenvalue weighted by molar-refractivity contribution is 5.89. The van der Waals surface area contributed by atoms with Gasteiger partial charge in [-0.1, -0.05) is 62.2 Å². The summed E-state index contributed by atoms with van der Waals surface area (Å²) in [6.07, 6.45) is 6.89. The quantitative estimate of drug-likeness (QED) is 0.525. The first-order chi connectivity index (χ1) is 15.0. The van der Waals surface area contributed by atoms with Crippen LogP contribution in [0.15, 0.2) is 54.6 Å². The number of aromatic nitrogens is 2. The van der Waals surface area contributed by atoms with Gasteiger partial charge >= 0.3 is 0 Å². The second-order valence-corrected chi connectivity index (χ2v) is 9.07. The summed E-state index contributed by atoms with van der Waals surface area (Å²) in [6.45, 7) is 6.65. The van der Waals surface area contributed by atoms with Crippen molar-refractivity contribution in [3.05, 3.63) is 66.0 Å². The van der Waals surface area contributed by atoms with E-state index in [1.807, 2.05) is 50.2 Å². The van der Waals surface area contributed by atoms with Crippen LogP contribution in [0.4, 0.5) is 5.82 Å². The van der Waals surface area contributed by atoms with Gasteiger partial charge in [0.15, 0.2) is 0 Å². The summed E-state index contributed by atoms with van der Waals surface area (Å²) in [5.41, 5.74) is 2.45. The van der Waals surface area contributed by atoms with Crippen LogP contribution in [0.3, 0.4) is 0 Å². The minimum absolute atomic E-state index is 0.812. The number of rotatable bonds is 6. The molecule has 0 aliphatic heterocycles. The lowest BCUT2D eigenvalue weighted by atomic mass is 9.83. The first kappa shape index (κ1) is 23.2. The van der Waals surface area contributed by atoms with Gasteiger partial charge in [-0.05, 0) is 68.8 Å². The number of nitrogens with zero attached hydrogens (tertiary/aromatic N) is 3. The molecular formula is C27H38N4. The highest BCUT2D eigenvalue weighted by Crippen LogP contribution is 2.27. The molecule has 31 heavy (non-hydrogen) atoms. The van der Waals surface area contributed by atoms with E-state index in [4.69, 9.17) is 0 Å². The van der Waals surface area contributed by atoms with Crippen molar-refractivity contribution in [1.82, 2.24) is 15.3 Å². The van der Waals surface area contributed by atoms with Crippen LogP contribution < -0.4 is 10.2 Å². The molecule has 1 N–H and O–H groups in total. The Bertz CT molecular complexity index is 915. The van der Waals surface area contributed by atoms with E-state index in [1.165, 1.54) is 37.8 Å². The van der Waals surface area contributed by atoms with Gasteiger partial charge in [0.05, 0.1) is 5.52 Å². The SMILES string of the molecule is CC1CCC(CNCCc2ccccc2)CC1.Cc1nc(N(C)C)c2ccccc2n1. The number of aryl methyl sites for hydroxylation is 1. The van der Waals surface area contributed by atoms with Crippen LogP contribution in [0.2, 0.25) is 0 Å². The third-order valence-electron chi connectivity index (χ3n) is 6.12. The normalized spacial score (nSPS) is 18.3. The number of anilines is 1. The molecule has 4 heteroatoms. The van der Waals surface area contributed by atoms with Crippen LogP contribution in [-0.4, -0.2) is 37.2 Å². The van der Waals surface area contributed by atoms with Gasteiger partial charge in [0.1, 0.15) is 11.6 Å². The Labute approximate surface area is 188 Å². The minimum Gasteiger partial charge on any atom is -0.362 e. The second-order valence-electron chi connectivity index (χ2n) is 9.07. The Morgan fingerprint density at radius 3 is 2.29 bits per heavy atom. The first-order valence-corrected chi connectivity index (χ1v) is 11.7.